The molecular formula is C56H34N4S2. The first-order valence-corrected chi connectivity index (χ1v) is 22.7. The minimum atomic E-state index is 0.0668. The molecule has 2 bridgehead atoms. The zero-order valence-corrected chi connectivity index (χ0v) is 34.9. The summed E-state index contributed by atoms with van der Waals surface area (Å²) in [5.74, 6) is 1.60. The first-order valence-electron chi connectivity index (χ1n) is 20.9. The monoisotopic (exact) mass is 826 g/mol. The maximum absolute atomic E-state index is 5.32. The Morgan fingerprint density at radius 3 is 1.16 bits per heavy atom. The van der Waals surface area contributed by atoms with Crippen LogP contribution in [0.3, 0.4) is 0 Å². The fraction of sp³-hybridized carbons (Fsp3) is 0.0357. The molecule has 0 radical (unpaired) electrons. The molecule has 2 atom stereocenters. The van der Waals surface area contributed by atoms with Crippen LogP contribution in [0.2, 0.25) is 0 Å². The highest BCUT2D eigenvalue weighted by Crippen LogP contribution is 2.56. The van der Waals surface area contributed by atoms with Gasteiger partial charge >= 0.3 is 0 Å². The van der Waals surface area contributed by atoms with Crippen molar-refractivity contribution in [2.75, 3.05) is 0 Å². The summed E-state index contributed by atoms with van der Waals surface area (Å²) < 4.78 is 2.50. The molecule has 7 aromatic carbocycles. The molecule has 0 saturated heterocycles. The maximum Gasteiger partial charge on any atom is 0.160 e. The maximum atomic E-state index is 5.32. The summed E-state index contributed by atoms with van der Waals surface area (Å²) in [6.07, 6.45) is 0. The Morgan fingerprint density at radius 1 is 0.306 bits per heavy atom. The fourth-order valence-electron chi connectivity index (χ4n) is 9.79. The van der Waals surface area contributed by atoms with Crippen LogP contribution in [0.25, 0.3) is 88.0 Å². The molecule has 4 nitrogen and oxygen atoms in total. The SMILES string of the molecule is c1ccc(-c2cc(-c3csc4ccccc34)nc(-c3ccc4c(c3)C3c5ccccc5[C@H]4c4cc(-c5nc(-c6ccccc6)cc(-c6csc7ccccc67)n5)ccc43)n2)cc1. The van der Waals surface area contributed by atoms with Crippen molar-refractivity contribution in [2.24, 2.45) is 0 Å². The lowest BCUT2D eigenvalue weighted by atomic mass is 9.61. The number of nitrogens with zero attached hydrogens (tertiary/aromatic N) is 4. The lowest BCUT2D eigenvalue weighted by Crippen LogP contribution is -2.27. The molecular weight excluding hydrogens is 793 g/mol. The largest absolute Gasteiger partial charge is 0.228 e. The highest BCUT2D eigenvalue weighted by Gasteiger charge is 2.41. The van der Waals surface area contributed by atoms with Gasteiger partial charge in [0.2, 0.25) is 0 Å². The second-order valence-electron chi connectivity index (χ2n) is 16.1. The van der Waals surface area contributed by atoms with Gasteiger partial charge in [-0.2, -0.15) is 0 Å². The zero-order valence-electron chi connectivity index (χ0n) is 33.2. The molecule has 3 aliphatic carbocycles. The van der Waals surface area contributed by atoms with Crippen LogP contribution in [0, 0.1) is 0 Å². The van der Waals surface area contributed by atoms with Gasteiger partial charge in [-0.25, -0.2) is 19.9 Å². The Hall–Kier alpha value is -7.38. The second kappa shape index (κ2) is 14.1. The highest BCUT2D eigenvalue weighted by molar-refractivity contribution is 7.18. The van der Waals surface area contributed by atoms with Crippen LogP contribution in [0.1, 0.15) is 45.2 Å². The third-order valence-electron chi connectivity index (χ3n) is 12.7. The predicted molar refractivity (Wildman–Crippen MR) is 256 cm³/mol. The Labute approximate surface area is 366 Å². The number of fused-ring (bicyclic) bond motifs is 2. The molecule has 4 aromatic heterocycles. The number of hydrogen-bond acceptors (Lipinski definition) is 6. The number of aromatic nitrogens is 4. The number of benzene rings is 7. The van der Waals surface area contributed by atoms with Crippen LogP contribution in [-0.2, 0) is 0 Å². The van der Waals surface area contributed by atoms with Gasteiger partial charge in [0.25, 0.3) is 0 Å². The predicted octanol–water partition coefficient (Wildman–Crippen LogP) is 14.7. The first kappa shape index (κ1) is 35.4. The van der Waals surface area contributed by atoms with Crippen molar-refractivity contribution < 1.29 is 0 Å². The Kier molecular flexibility index (Phi) is 8.05. The molecule has 0 aliphatic heterocycles. The van der Waals surface area contributed by atoms with Crippen LogP contribution in [-0.4, -0.2) is 19.9 Å². The van der Waals surface area contributed by atoms with Gasteiger partial charge in [-0.15, -0.1) is 22.7 Å². The molecule has 6 heteroatoms. The quantitative estimate of drug-likeness (QED) is 0.168. The molecule has 0 fully saturated rings. The van der Waals surface area contributed by atoms with E-state index in [4.69, 9.17) is 19.9 Å². The van der Waals surface area contributed by atoms with Crippen molar-refractivity contribution in [1.82, 2.24) is 19.9 Å². The molecule has 0 saturated carbocycles. The van der Waals surface area contributed by atoms with E-state index in [1.54, 1.807) is 22.7 Å². The van der Waals surface area contributed by atoms with Gasteiger partial charge in [0.05, 0.1) is 22.8 Å². The molecule has 62 heavy (non-hydrogen) atoms. The molecule has 0 spiro atoms. The van der Waals surface area contributed by atoms with Crippen LogP contribution in [0.4, 0.5) is 0 Å². The summed E-state index contributed by atoms with van der Waals surface area (Å²) in [5.41, 5.74) is 18.2. The normalized spacial score (nSPS) is 14.8. The molecule has 290 valence electrons. The summed E-state index contributed by atoms with van der Waals surface area (Å²) >= 11 is 3.51. The molecule has 1 unspecified atom stereocenters. The smallest absolute Gasteiger partial charge is 0.160 e. The van der Waals surface area contributed by atoms with Crippen LogP contribution >= 0.6 is 22.7 Å². The standard InChI is InChI=1S/C56H34N4S2/c1-3-13-33(14-4-1)47-29-49(45-31-61-51-21-11-9-17-37(45)51)59-55(57-47)35-23-25-41-43(27-35)53-39-19-7-8-20-40(39)54(41)44-28-36(24-26-42(44)53)56-58-48(34-15-5-2-6-16-34)30-50(60-56)46-32-62-52-22-12-10-18-38(46)52/h1-32,53-54H/t53-,54?/m1/s1. The molecule has 11 aromatic rings. The van der Waals surface area contributed by atoms with E-state index in [1.807, 2.05) is 0 Å². The number of rotatable bonds is 6. The van der Waals surface area contributed by atoms with Gasteiger partial charge < -0.3 is 0 Å². The van der Waals surface area contributed by atoms with Crippen molar-refractivity contribution in [3.63, 3.8) is 0 Å². The van der Waals surface area contributed by atoms with Crippen molar-refractivity contribution in [3.05, 3.63) is 226 Å². The van der Waals surface area contributed by atoms with E-state index < -0.39 is 0 Å². The van der Waals surface area contributed by atoms with Crippen LogP contribution in [0.5, 0.6) is 0 Å². The van der Waals surface area contributed by atoms with Gasteiger partial charge in [0, 0.05) is 76.1 Å². The zero-order chi connectivity index (χ0) is 40.7. The third kappa shape index (κ3) is 5.64. The van der Waals surface area contributed by atoms with E-state index in [9.17, 15) is 0 Å². The second-order valence-corrected chi connectivity index (χ2v) is 18.0. The average Bonchev–Trinajstić information content (AvgIpc) is 3.99. The van der Waals surface area contributed by atoms with Crippen molar-refractivity contribution in [2.45, 2.75) is 11.8 Å². The molecule has 3 aliphatic rings. The van der Waals surface area contributed by atoms with E-state index >= 15 is 0 Å². The van der Waals surface area contributed by atoms with Crippen LogP contribution in [0.15, 0.2) is 193 Å². The van der Waals surface area contributed by atoms with Crippen molar-refractivity contribution >= 4 is 42.8 Å². The van der Waals surface area contributed by atoms with Crippen molar-refractivity contribution in [3.8, 4) is 67.8 Å². The summed E-state index contributed by atoms with van der Waals surface area (Å²) in [6.45, 7) is 0. The average molecular weight is 827 g/mol. The molecule has 14 rings (SSSR count). The van der Waals surface area contributed by atoms with Crippen molar-refractivity contribution in [1.29, 1.82) is 0 Å². The Morgan fingerprint density at radius 2 is 0.694 bits per heavy atom. The lowest BCUT2D eigenvalue weighted by molar-refractivity contribution is 0.754. The summed E-state index contributed by atoms with van der Waals surface area (Å²) in [4.78, 5) is 21.2. The van der Waals surface area contributed by atoms with E-state index in [-0.39, 0.29) is 11.8 Å². The van der Waals surface area contributed by atoms with E-state index in [0.29, 0.717) is 0 Å². The van der Waals surface area contributed by atoms with E-state index in [2.05, 4.69) is 193 Å². The topological polar surface area (TPSA) is 51.6 Å². The first-order chi connectivity index (χ1) is 30.7. The minimum Gasteiger partial charge on any atom is -0.228 e. The minimum absolute atomic E-state index is 0.0668. The van der Waals surface area contributed by atoms with Gasteiger partial charge in [-0.1, -0.05) is 146 Å². The van der Waals surface area contributed by atoms with Crippen LogP contribution < -0.4 is 0 Å². The summed E-state index contributed by atoms with van der Waals surface area (Å²) in [7, 11) is 0. The highest BCUT2D eigenvalue weighted by atomic mass is 32.1. The molecule has 4 heterocycles. The van der Waals surface area contributed by atoms with E-state index in [1.165, 1.54) is 53.6 Å². The summed E-state index contributed by atoms with van der Waals surface area (Å²) in [5, 5.41) is 6.88. The Bertz CT molecular complexity index is 3320. The Balaban J connectivity index is 0.951. The lowest BCUT2D eigenvalue weighted by Gasteiger charge is -2.42. The van der Waals surface area contributed by atoms with Gasteiger partial charge in [-0.05, 0) is 69.8 Å². The number of hydrogen-bond donors (Lipinski definition) is 0. The summed E-state index contributed by atoms with van der Waals surface area (Å²) in [6, 6.07) is 65.2. The molecule has 0 N–H and O–H groups in total. The van der Waals surface area contributed by atoms with E-state index in [0.717, 1.165) is 67.8 Å². The number of thiophene rings is 2. The van der Waals surface area contributed by atoms with Gasteiger partial charge in [0.1, 0.15) is 0 Å². The third-order valence-corrected chi connectivity index (χ3v) is 14.6. The molecule has 0 amide bonds. The van der Waals surface area contributed by atoms with Gasteiger partial charge in [-0.3, -0.25) is 0 Å². The fourth-order valence-corrected chi connectivity index (χ4v) is 11.7. The van der Waals surface area contributed by atoms with Gasteiger partial charge in [0.15, 0.2) is 11.6 Å².